The molecule has 1 nitrogen and oxygen atoms in total. The van der Waals surface area contributed by atoms with E-state index in [9.17, 15) is 0 Å². The summed E-state index contributed by atoms with van der Waals surface area (Å²) in [6.07, 6.45) is 35.0. The van der Waals surface area contributed by atoms with Crippen molar-refractivity contribution in [3.05, 3.63) is 0 Å². The van der Waals surface area contributed by atoms with Crippen molar-refractivity contribution in [3.63, 3.8) is 0 Å². The van der Waals surface area contributed by atoms with Gasteiger partial charge in [-0.05, 0) is 25.9 Å². The van der Waals surface area contributed by atoms with Crippen molar-refractivity contribution >= 4 is 12.4 Å². The summed E-state index contributed by atoms with van der Waals surface area (Å²) in [5.74, 6) is 0. The highest BCUT2D eigenvalue weighted by Gasteiger charge is 1.96. The molecule has 0 aliphatic carbocycles. The number of rotatable bonds is 26. The molecule has 184 valence electrons. The van der Waals surface area contributed by atoms with Crippen molar-refractivity contribution in [1.29, 1.82) is 0 Å². The molecule has 0 aromatic rings. The van der Waals surface area contributed by atoms with E-state index < -0.39 is 0 Å². The molecule has 30 heavy (non-hydrogen) atoms. The van der Waals surface area contributed by atoms with E-state index in [0.717, 1.165) is 0 Å². The third kappa shape index (κ3) is 30.4. The molecule has 0 rings (SSSR count). The van der Waals surface area contributed by atoms with Crippen molar-refractivity contribution in [2.75, 3.05) is 13.1 Å². The predicted molar refractivity (Wildman–Crippen MR) is 142 cm³/mol. The molecule has 0 aliphatic rings. The molecular weight excluding hydrogens is 386 g/mol. The van der Waals surface area contributed by atoms with E-state index in [2.05, 4.69) is 19.2 Å². The second-order valence-electron chi connectivity index (χ2n) is 9.53. The molecule has 0 amide bonds. The Morgan fingerprint density at radius 1 is 0.300 bits per heavy atom. The minimum Gasteiger partial charge on any atom is -0.317 e. The minimum absolute atomic E-state index is 0. The van der Waals surface area contributed by atoms with Crippen LogP contribution in [-0.2, 0) is 0 Å². The zero-order valence-corrected chi connectivity index (χ0v) is 22.1. The van der Waals surface area contributed by atoms with Crippen LogP contribution in [0.2, 0.25) is 0 Å². The predicted octanol–water partition coefficient (Wildman–Crippen LogP) is 10.4. The van der Waals surface area contributed by atoms with Gasteiger partial charge in [-0.2, -0.15) is 0 Å². The summed E-state index contributed by atoms with van der Waals surface area (Å²) in [5, 5.41) is 3.50. The lowest BCUT2D eigenvalue weighted by molar-refractivity contribution is 0.516. The maximum atomic E-state index is 3.50. The van der Waals surface area contributed by atoms with Crippen molar-refractivity contribution in [2.45, 2.75) is 168 Å². The Kier molecular flexibility index (Phi) is 34.0. The number of nitrogens with one attached hydrogen (secondary N) is 1. The van der Waals surface area contributed by atoms with Gasteiger partial charge in [-0.1, -0.05) is 155 Å². The topological polar surface area (TPSA) is 12.0 Å². The molecule has 0 spiro atoms. The third-order valence-corrected chi connectivity index (χ3v) is 6.38. The summed E-state index contributed by atoms with van der Waals surface area (Å²) >= 11 is 0. The van der Waals surface area contributed by atoms with E-state index >= 15 is 0 Å². The van der Waals surface area contributed by atoms with Crippen LogP contribution in [0.5, 0.6) is 0 Å². The summed E-state index contributed by atoms with van der Waals surface area (Å²) < 4.78 is 0. The van der Waals surface area contributed by atoms with Crippen molar-refractivity contribution < 1.29 is 0 Å². The van der Waals surface area contributed by atoms with E-state index in [4.69, 9.17) is 0 Å². The average molecular weight is 446 g/mol. The molecule has 0 atom stereocenters. The van der Waals surface area contributed by atoms with Gasteiger partial charge in [0.05, 0.1) is 0 Å². The van der Waals surface area contributed by atoms with Gasteiger partial charge < -0.3 is 5.32 Å². The number of unbranched alkanes of at least 4 members (excludes halogenated alkanes) is 22. The first-order valence-electron chi connectivity index (χ1n) is 14.1. The molecule has 0 unspecified atom stereocenters. The van der Waals surface area contributed by atoms with Gasteiger partial charge in [0.25, 0.3) is 0 Å². The zero-order chi connectivity index (χ0) is 21.1. The molecule has 1 N–H and O–H groups in total. The summed E-state index contributed by atoms with van der Waals surface area (Å²) in [6.45, 7) is 6.97. The molecule has 0 heterocycles. The van der Waals surface area contributed by atoms with Gasteiger partial charge in [0, 0.05) is 0 Å². The second-order valence-corrected chi connectivity index (χ2v) is 9.53. The van der Waals surface area contributed by atoms with Gasteiger partial charge in [-0.3, -0.25) is 0 Å². The molecule has 0 aromatic heterocycles. The normalized spacial score (nSPS) is 11.0. The van der Waals surface area contributed by atoms with E-state index in [1.54, 1.807) is 0 Å². The number of halogens is 1. The van der Waals surface area contributed by atoms with Crippen LogP contribution in [0.1, 0.15) is 168 Å². The molecule has 0 fully saturated rings. The highest BCUT2D eigenvalue weighted by molar-refractivity contribution is 5.85. The fourth-order valence-corrected chi connectivity index (χ4v) is 4.34. The van der Waals surface area contributed by atoms with E-state index in [1.807, 2.05) is 0 Å². The Morgan fingerprint density at radius 3 is 0.833 bits per heavy atom. The fourth-order valence-electron chi connectivity index (χ4n) is 4.34. The average Bonchev–Trinajstić information content (AvgIpc) is 2.74. The van der Waals surface area contributed by atoms with Crippen LogP contribution in [-0.4, -0.2) is 13.1 Å². The standard InChI is InChI=1S/C28H59N.ClH/c1-3-5-6-7-8-9-10-11-12-13-14-15-16-17-18-19-20-21-22-23-24-25-26-28-29-27-4-2;/h29H,3-28H2,1-2H3;1H. The quantitative estimate of drug-likeness (QED) is 0.130. The van der Waals surface area contributed by atoms with Crippen molar-refractivity contribution in [3.8, 4) is 0 Å². The fraction of sp³-hybridized carbons (Fsp3) is 1.00. The molecule has 0 radical (unpaired) electrons. The molecule has 0 saturated carbocycles. The maximum Gasteiger partial charge on any atom is -0.00489 e. The summed E-state index contributed by atoms with van der Waals surface area (Å²) in [6, 6.07) is 0. The highest BCUT2D eigenvalue weighted by atomic mass is 35.5. The summed E-state index contributed by atoms with van der Waals surface area (Å²) in [5.41, 5.74) is 0. The summed E-state index contributed by atoms with van der Waals surface area (Å²) in [4.78, 5) is 0. The van der Waals surface area contributed by atoms with Crippen LogP contribution in [0, 0.1) is 0 Å². The Bertz CT molecular complexity index is 243. The zero-order valence-electron chi connectivity index (χ0n) is 21.3. The van der Waals surface area contributed by atoms with Gasteiger partial charge in [0.15, 0.2) is 0 Å². The Balaban J connectivity index is 0. The van der Waals surface area contributed by atoms with Crippen LogP contribution in [0.25, 0.3) is 0 Å². The van der Waals surface area contributed by atoms with Crippen molar-refractivity contribution in [1.82, 2.24) is 5.32 Å². The first-order valence-corrected chi connectivity index (χ1v) is 14.1. The molecular formula is C28H60ClN. The smallest absolute Gasteiger partial charge is 0.00489 e. The Morgan fingerprint density at radius 2 is 0.567 bits per heavy atom. The first kappa shape index (κ1) is 32.4. The number of hydrogen-bond acceptors (Lipinski definition) is 1. The molecule has 0 bridgehead atoms. The SMILES string of the molecule is CCCCCCCCCCCCCCCCCCCCCCCCCNCCC.Cl. The van der Waals surface area contributed by atoms with Crippen LogP contribution in [0.3, 0.4) is 0 Å². The summed E-state index contributed by atoms with van der Waals surface area (Å²) in [7, 11) is 0. The molecule has 2 heteroatoms. The first-order chi connectivity index (χ1) is 14.4. The Hall–Kier alpha value is 0.250. The van der Waals surface area contributed by atoms with E-state index in [0.29, 0.717) is 0 Å². The molecule has 0 aliphatic heterocycles. The number of hydrogen-bond donors (Lipinski definition) is 1. The lowest BCUT2D eigenvalue weighted by atomic mass is 10.0. The van der Waals surface area contributed by atoms with Crippen LogP contribution in [0.4, 0.5) is 0 Å². The van der Waals surface area contributed by atoms with Crippen LogP contribution >= 0.6 is 12.4 Å². The van der Waals surface area contributed by atoms with Gasteiger partial charge in [-0.15, -0.1) is 12.4 Å². The van der Waals surface area contributed by atoms with Gasteiger partial charge in [0.1, 0.15) is 0 Å². The monoisotopic (exact) mass is 445 g/mol. The lowest BCUT2D eigenvalue weighted by Gasteiger charge is -2.04. The third-order valence-electron chi connectivity index (χ3n) is 6.38. The van der Waals surface area contributed by atoms with Crippen molar-refractivity contribution in [2.24, 2.45) is 0 Å². The lowest BCUT2D eigenvalue weighted by Crippen LogP contribution is -2.15. The van der Waals surface area contributed by atoms with Gasteiger partial charge >= 0.3 is 0 Å². The van der Waals surface area contributed by atoms with Gasteiger partial charge in [0.2, 0.25) is 0 Å². The van der Waals surface area contributed by atoms with E-state index in [1.165, 1.54) is 167 Å². The van der Waals surface area contributed by atoms with Gasteiger partial charge in [-0.25, -0.2) is 0 Å². The maximum absolute atomic E-state index is 3.50. The minimum atomic E-state index is 0. The van der Waals surface area contributed by atoms with E-state index in [-0.39, 0.29) is 12.4 Å². The largest absolute Gasteiger partial charge is 0.317 e. The second kappa shape index (κ2) is 31.4. The highest BCUT2D eigenvalue weighted by Crippen LogP contribution is 2.15. The Labute approximate surface area is 198 Å². The van der Waals surface area contributed by atoms with Crippen LogP contribution < -0.4 is 5.32 Å². The molecule has 0 saturated heterocycles. The van der Waals surface area contributed by atoms with Crippen LogP contribution in [0.15, 0.2) is 0 Å². The molecule has 0 aromatic carbocycles.